The second-order valence-electron chi connectivity index (χ2n) is 16.6. The molecule has 23 heteroatoms. The van der Waals surface area contributed by atoms with Crippen molar-refractivity contribution in [3.05, 3.63) is 0 Å². The van der Waals surface area contributed by atoms with E-state index in [4.69, 9.17) is 40.6 Å². The van der Waals surface area contributed by atoms with Gasteiger partial charge in [0.25, 0.3) is 0 Å². The smallest absolute Gasteiger partial charge is 0.439 e. The van der Waals surface area contributed by atoms with Crippen LogP contribution in [-0.4, -0.2) is 125 Å². The van der Waals surface area contributed by atoms with Crippen molar-refractivity contribution < 1.29 is 57.8 Å². The van der Waals surface area contributed by atoms with E-state index in [1.165, 1.54) is 0 Å². The topological polar surface area (TPSA) is 255 Å². The van der Waals surface area contributed by atoms with Crippen molar-refractivity contribution in [2.24, 2.45) is 20.5 Å². The summed E-state index contributed by atoms with van der Waals surface area (Å²) in [4.78, 5) is 79.3. The van der Waals surface area contributed by atoms with Crippen LogP contribution in [0, 0.1) is 0 Å². The van der Waals surface area contributed by atoms with Crippen LogP contribution >= 0.6 is 11.6 Å². The molecule has 0 bridgehead atoms. The lowest BCUT2D eigenvalue weighted by Crippen LogP contribution is -2.59. The highest BCUT2D eigenvalue weighted by molar-refractivity contribution is 6.84. The molecule has 8 amide bonds. The summed E-state index contributed by atoms with van der Waals surface area (Å²) in [5.41, 5.74) is 1.26. The molecule has 308 valence electrons. The van der Waals surface area contributed by atoms with E-state index in [0.717, 1.165) is 10.0 Å². The monoisotopic (exact) mass is 802 g/mol. The Balaban J connectivity index is 0.000000383. The van der Waals surface area contributed by atoms with E-state index in [2.05, 4.69) is 31.4 Å². The number of hydrogen-bond donors (Lipinski definition) is 3. The molecule has 0 spiro atoms. The highest BCUT2D eigenvalue weighted by Crippen LogP contribution is 2.25. The van der Waals surface area contributed by atoms with E-state index in [1.807, 2.05) is 13.8 Å². The fourth-order valence-electron chi connectivity index (χ4n) is 4.01. The lowest BCUT2D eigenvalue weighted by molar-refractivity contribution is 0.0123. The Morgan fingerprint density at radius 2 is 1.11 bits per heavy atom. The van der Waals surface area contributed by atoms with Gasteiger partial charge in [-0.1, -0.05) is 21.9 Å². The minimum atomic E-state index is -1.10. The first-order chi connectivity index (χ1) is 24.8. The van der Waals surface area contributed by atoms with Gasteiger partial charge in [-0.25, -0.2) is 49.6 Å². The second-order valence-corrected chi connectivity index (χ2v) is 17.0. The summed E-state index contributed by atoms with van der Waals surface area (Å²) in [6.07, 6.45) is -3.44. The van der Waals surface area contributed by atoms with Gasteiger partial charge in [-0.15, -0.1) is 10.0 Å². The number of hydrazine groups is 2. The maximum Gasteiger partial charge on any atom is 0.439 e. The number of nitrogens with one attached hydrogen (secondary N) is 2. The summed E-state index contributed by atoms with van der Waals surface area (Å²) in [6.45, 7) is 23.0. The lowest BCUT2D eigenvalue weighted by atomic mass is 10.00. The summed E-state index contributed by atoms with van der Waals surface area (Å²) in [6, 6.07) is -1.89. The molecule has 0 aromatic heterocycles. The van der Waals surface area contributed by atoms with Crippen molar-refractivity contribution in [1.82, 2.24) is 30.9 Å². The number of hydrazone groups is 2. The van der Waals surface area contributed by atoms with Gasteiger partial charge in [-0.3, -0.25) is 0 Å². The molecule has 55 heavy (non-hydrogen) atoms. The Morgan fingerprint density at radius 3 is 1.47 bits per heavy atom. The largest absolute Gasteiger partial charge is 0.443 e. The van der Waals surface area contributed by atoms with E-state index in [1.54, 1.807) is 83.1 Å². The molecule has 22 nitrogen and oxygen atoms in total. The number of urea groups is 2. The molecule has 3 heterocycles. The molecule has 3 aliphatic rings. The lowest BCUT2D eigenvalue weighted by Gasteiger charge is -2.33. The van der Waals surface area contributed by atoms with Crippen molar-refractivity contribution in [3.63, 3.8) is 0 Å². The van der Waals surface area contributed by atoms with Crippen LogP contribution in [0.25, 0.3) is 0 Å². The van der Waals surface area contributed by atoms with Gasteiger partial charge in [0.15, 0.2) is 5.17 Å². The Labute approximate surface area is 323 Å². The van der Waals surface area contributed by atoms with Gasteiger partial charge in [-0.05, 0) is 96.9 Å². The first kappa shape index (κ1) is 45.7. The molecular formula is C32H51ClN10O12. The fraction of sp³-hybridized carbons (Fsp3) is 0.688. The van der Waals surface area contributed by atoms with Crippen molar-refractivity contribution in [2.75, 3.05) is 13.1 Å². The standard InChI is InChI=1S/C18H29N5O6.C14H22ClN5O6/c1-16(2,3)27-13(24)20-22-10-12(11-9-18(7,8)29-21-11)19-23(14(22)25)15(26)28-17(4,5)6;1-13(2,3)25-10(21)17-19-7-8(9(15)18-24)16-20(11(19)22)12(23)26-14(4,5)6/h9-10H2,1-8H3,(H,20,24);24H,7H2,1-6H3,(H,17,21)/b;18-9-. The zero-order valence-electron chi connectivity index (χ0n) is 33.5. The molecule has 0 fully saturated rings. The summed E-state index contributed by atoms with van der Waals surface area (Å²) in [7, 11) is 0. The first-order valence-corrected chi connectivity index (χ1v) is 17.1. The van der Waals surface area contributed by atoms with Crippen LogP contribution in [0.5, 0.6) is 0 Å². The van der Waals surface area contributed by atoms with Gasteiger partial charge in [0.1, 0.15) is 45.1 Å². The van der Waals surface area contributed by atoms with Crippen LogP contribution in [0.15, 0.2) is 20.5 Å². The number of carbonyl (C=O) groups is 6. The summed E-state index contributed by atoms with van der Waals surface area (Å²) in [5, 5.41) is 25.5. The fourth-order valence-corrected chi connectivity index (χ4v) is 4.11. The third kappa shape index (κ3) is 15.1. The third-order valence-corrected chi connectivity index (χ3v) is 6.21. The average Bonchev–Trinajstić information content (AvgIpc) is 3.34. The van der Waals surface area contributed by atoms with Gasteiger partial charge >= 0.3 is 36.4 Å². The van der Waals surface area contributed by atoms with Gasteiger partial charge in [0.05, 0.1) is 13.1 Å². The number of halogens is 1. The number of amides is 8. The zero-order valence-corrected chi connectivity index (χ0v) is 34.3. The minimum Gasteiger partial charge on any atom is -0.443 e. The molecule has 0 aliphatic carbocycles. The average molecular weight is 803 g/mol. The molecule has 0 radical (unpaired) electrons. The molecule has 3 rings (SSSR count). The van der Waals surface area contributed by atoms with Crippen LogP contribution in [0.2, 0.25) is 0 Å². The van der Waals surface area contributed by atoms with Crippen LogP contribution in [0.1, 0.15) is 103 Å². The first-order valence-electron chi connectivity index (χ1n) is 16.8. The van der Waals surface area contributed by atoms with E-state index >= 15 is 0 Å². The highest BCUT2D eigenvalue weighted by atomic mass is 35.5. The van der Waals surface area contributed by atoms with Crippen molar-refractivity contribution in [3.8, 4) is 0 Å². The molecular weight excluding hydrogens is 752 g/mol. The van der Waals surface area contributed by atoms with E-state index in [0.29, 0.717) is 22.2 Å². The molecule has 0 saturated heterocycles. The van der Waals surface area contributed by atoms with Gasteiger partial charge in [0, 0.05) is 6.42 Å². The number of imide groups is 2. The minimum absolute atomic E-state index is 0.115. The molecule has 3 aliphatic heterocycles. The van der Waals surface area contributed by atoms with E-state index in [-0.39, 0.29) is 24.5 Å². The molecule has 0 saturated carbocycles. The number of ether oxygens (including phenoxy) is 4. The third-order valence-electron chi connectivity index (χ3n) is 5.92. The van der Waals surface area contributed by atoms with Crippen molar-refractivity contribution in [2.45, 2.75) is 131 Å². The van der Waals surface area contributed by atoms with Crippen LogP contribution in [0.4, 0.5) is 28.8 Å². The molecule has 0 unspecified atom stereocenters. The maximum atomic E-state index is 12.7. The van der Waals surface area contributed by atoms with Gasteiger partial charge < -0.3 is 29.0 Å². The molecule has 3 N–H and O–H groups in total. The SMILES string of the molecule is CC(C)(C)OC(=O)NN1CC(/C(Cl)=N/O)=NN(C(=O)OC(C)(C)C)C1=O.CC(C)(C)OC(=O)NN1CC(C2=NOC(C)(C)C2)=NN(C(=O)OC(C)(C)C)C1=O. The number of oxime groups is 2. The Kier molecular flexibility index (Phi) is 14.1. The summed E-state index contributed by atoms with van der Waals surface area (Å²) >= 11 is 5.71. The molecule has 0 aromatic rings. The van der Waals surface area contributed by atoms with E-state index in [9.17, 15) is 28.8 Å². The normalized spacial score (nSPS) is 17.8. The summed E-state index contributed by atoms with van der Waals surface area (Å²) in [5.74, 6) is 0. The van der Waals surface area contributed by atoms with Crippen molar-refractivity contribution >= 4 is 70.3 Å². The molecule has 0 atom stereocenters. The van der Waals surface area contributed by atoms with Crippen molar-refractivity contribution in [1.29, 1.82) is 0 Å². The second kappa shape index (κ2) is 16.9. The quantitative estimate of drug-likeness (QED) is 0.138. The number of rotatable bonds is 4. The highest BCUT2D eigenvalue weighted by Gasteiger charge is 2.41. The number of nitrogens with zero attached hydrogens (tertiary/aromatic N) is 8. The Hall–Kier alpha value is -5.41. The van der Waals surface area contributed by atoms with Crippen LogP contribution in [0.3, 0.4) is 0 Å². The zero-order chi connectivity index (χ0) is 42.5. The van der Waals surface area contributed by atoms with Crippen LogP contribution in [-0.2, 0) is 23.8 Å². The predicted octanol–water partition coefficient (Wildman–Crippen LogP) is 5.49. The van der Waals surface area contributed by atoms with E-state index < -0.39 is 69.6 Å². The maximum absolute atomic E-state index is 12.7. The van der Waals surface area contributed by atoms with Crippen LogP contribution < -0.4 is 10.9 Å². The molecule has 0 aromatic carbocycles. The Morgan fingerprint density at radius 1 is 0.709 bits per heavy atom. The van der Waals surface area contributed by atoms with Gasteiger partial charge in [-0.2, -0.15) is 10.2 Å². The predicted molar refractivity (Wildman–Crippen MR) is 196 cm³/mol. The summed E-state index contributed by atoms with van der Waals surface area (Å²) < 4.78 is 20.6. The number of carbonyl (C=O) groups excluding carboxylic acids is 6. The Bertz CT molecular complexity index is 1650. The number of hydrogen-bond acceptors (Lipinski definition) is 16. The van der Waals surface area contributed by atoms with Gasteiger partial charge in [0.2, 0.25) is 0 Å².